The lowest BCUT2D eigenvalue weighted by molar-refractivity contribution is -0.136. The molecule has 2 aromatic rings. The Morgan fingerprint density at radius 1 is 0.886 bits per heavy atom. The molecule has 2 saturated heterocycles. The summed E-state index contributed by atoms with van der Waals surface area (Å²) in [5.74, 6) is 0.127. The van der Waals surface area contributed by atoms with Gasteiger partial charge in [-0.2, -0.15) is 0 Å². The molecule has 188 valence electrons. The van der Waals surface area contributed by atoms with Crippen LogP contribution in [0.15, 0.2) is 54.6 Å². The largest absolute Gasteiger partial charge is 0.342 e. The molecule has 0 radical (unpaired) electrons. The summed E-state index contributed by atoms with van der Waals surface area (Å²) in [5, 5.41) is 3.32. The Morgan fingerprint density at radius 2 is 1.51 bits per heavy atom. The van der Waals surface area contributed by atoms with E-state index in [1.165, 1.54) is 11.1 Å². The normalized spacial score (nSPS) is 19.4. The minimum Gasteiger partial charge on any atom is -0.342 e. The van der Waals surface area contributed by atoms with Gasteiger partial charge in [-0.3, -0.25) is 14.9 Å². The molecule has 2 heterocycles. The van der Waals surface area contributed by atoms with Crippen LogP contribution in [0.1, 0.15) is 49.4 Å². The molecule has 2 aromatic carbocycles. The molecule has 6 nitrogen and oxygen atoms in total. The quantitative estimate of drug-likeness (QED) is 0.667. The standard InChI is InChI=1S/C29H40N4O2/c1-4-23-10-8-9-13-25(23)29(2)14-16-32(17-15-29)26(34)22-30-27(24-11-6-5-7-12-24)28(35)33-20-18-31(3)19-21-33/h5-13,27,30H,4,14-22H2,1-3H3/t27-/m1/s1. The number of hydrogen-bond acceptors (Lipinski definition) is 4. The lowest BCUT2D eigenvalue weighted by atomic mass is 9.72. The van der Waals surface area contributed by atoms with E-state index in [-0.39, 0.29) is 23.8 Å². The van der Waals surface area contributed by atoms with Crippen LogP contribution >= 0.6 is 0 Å². The van der Waals surface area contributed by atoms with E-state index >= 15 is 0 Å². The Kier molecular flexibility index (Phi) is 8.24. The maximum atomic E-state index is 13.4. The first-order valence-electron chi connectivity index (χ1n) is 13.0. The Hall–Kier alpha value is -2.70. The van der Waals surface area contributed by atoms with Crippen molar-refractivity contribution in [2.75, 3.05) is 52.9 Å². The van der Waals surface area contributed by atoms with E-state index in [4.69, 9.17) is 0 Å². The number of likely N-dealkylation sites (tertiary alicyclic amines) is 1. The number of likely N-dealkylation sites (N-methyl/N-ethyl adjacent to an activating group) is 1. The second-order valence-electron chi connectivity index (χ2n) is 10.3. The van der Waals surface area contributed by atoms with Crippen LogP contribution in [0.5, 0.6) is 0 Å². The van der Waals surface area contributed by atoms with Crippen molar-refractivity contribution in [3.8, 4) is 0 Å². The number of piperidine rings is 1. The molecule has 1 N–H and O–H groups in total. The van der Waals surface area contributed by atoms with Crippen molar-refractivity contribution >= 4 is 11.8 Å². The van der Waals surface area contributed by atoms with E-state index in [2.05, 4.69) is 55.4 Å². The number of rotatable bonds is 7. The molecule has 0 spiro atoms. The molecule has 4 rings (SSSR count). The lowest BCUT2D eigenvalue weighted by Crippen LogP contribution is -2.52. The van der Waals surface area contributed by atoms with Crippen LogP contribution in [0.4, 0.5) is 0 Å². The van der Waals surface area contributed by atoms with Crippen LogP contribution < -0.4 is 5.32 Å². The predicted octanol–water partition coefficient (Wildman–Crippen LogP) is 3.23. The van der Waals surface area contributed by atoms with Gasteiger partial charge in [0.1, 0.15) is 6.04 Å². The van der Waals surface area contributed by atoms with E-state index in [0.29, 0.717) is 0 Å². The molecule has 2 aliphatic rings. The van der Waals surface area contributed by atoms with Gasteiger partial charge in [-0.15, -0.1) is 0 Å². The summed E-state index contributed by atoms with van der Waals surface area (Å²) >= 11 is 0. The maximum absolute atomic E-state index is 13.4. The van der Waals surface area contributed by atoms with Gasteiger partial charge in [0, 0.05) is 39.3 Å². The van der Waals surface area contributed by atoms with E-state index in [0.717, 1.165) is 64.1 Å². The van der Waals surface area contributed by atoms with Crippen LogP contribution in [0.3, 0.4) is 0 Å². The summed E-state index contributed by atoms with van der Waals surface area (Å²) < 4.78 is 0. The van der Waals surface area contributed by atoms with Crippen molar-refractivity contribution < 1.29 is 9.59 Å². The second kappa shape index (κ2) is 11.4. The van der Waals surface area contributed by atoms with E-state index in [9.17, 15) is 9.59 Å². The van der Waals surface area contributed by atoms with Gasteiger partial charge in [-0.05, 0) is 48.4 Å². The molecule has 0 aliphatic carbocycles. The molecule has 2 fully saturated rings. The summed E-state index contributed by atoms with van der Waals surface area (Å²) in [4.78, 5) is 32.7. The van der Waals surface area contributed by atoms with Crippen LogP contribution in [0.25, 0.3) is 0 Å². The lowest BCUT2D eigenvalue weighted by Gasteiger charge is -2.41. The Balaban J connectivity index is 1.38. The molecular weight excluding hydrogens is 436 g/mol. The summed E-state index contributed by atoms with van der Waals surface area (Å²) in [6.45, 7) is 9.40. The van der Waals surface area contributed by atoms with Gasteiger partial charge in [0.15, 0.2) is 0 Å². The smallest absolute Gasteiger partial charge is 0.244 e. The summed E-state index contributed by atoms with van der Waals surface area (Å²) in [6.07, 6.45) is 2.94. The van der Waals surface area contributed by atoms with Crippen LogP contribution in [0, 0.1) is 0 Å². The topological polar surface area (TPSA) is 55.9 Å². The van der Waals surface area contributed by atoms with Gasteiger partial charge < -0.3 is 14.7 Å². The Morgan fingerprint density at radius 3 is 2.17 bits per heavy atom. The number of aryl methyl sites for hydroxylation is 1. The molecule has 2 amide bonds. The third kappa shape index (κ3) is 5.93. The summed E-state index contributed by atoms with van der Waals surface area (Å²) in [7, 11) is 2.08. The average Bonchev–Trinajstić information content (AvgIpc) is 2.90. The van der Waals surface area contributed by atoms with Gasteiger partial charge >= 0.3 is 0 Å². The molecule has 0 bridgehead atoms. The molecule has 0 saturated carbocycles. The summed E-state index contributed by atoms with van der Waals surface area (Å²) in [6, 6.07) is 18.0. The van der Waals surface area contributed by atoms with Crippen LogP contribution in [-0.4, -0.2) is 79.4 Å². The molecular formula is C29H40N4O2. The SMILES string of the molecule is CCc1ccccc1C1(C)CCN(C(=O)CN[C@@H](C(=O)N2CCN(C)CC2)c2ccccc2)CC1. The number of amides is 2. The molecule has 0 aromatic heterocycles. The number of carbonyl (C=O) groups is 2. The fourth-order valence-corrected chi connectivity index (χ4v) is 5.44. The highest BCUT2D eigenvalue weighted by Crippen LogP contribution is 2.37. The monoisotopic (exact) mass is 476 g/mol. The third-order valence-corrected chi connectivity index (χ3v) is 7.92. The fourth-order valence-electron chi connectivity index (χ4n) is 5.44. The van der Waals surface area contributed by atoms with E-state index < -0.39 is 6.04 Å². The fraction of sp³-hybridized carbons (Fsp3) is 0.517. The highest BCUT2D eigenvalue weighted by Gasteiger charge is 2.35. The number of nitrogens with one attached hydrogen (secondary N) is 1. The number of hydrogen-bond donors (Lipinski definition) is 1. The van der Waals surface area contributed by atoms with Crippen molar-refractivity contribution in [3.63, 3.8) is 0 Å². The van der Waals surface area contributed by atoms with Gasteiger partial charge in [0.25, 0.3) is 0 Å². The second-order valence-corrected chi connectivity index (χ2v) is 10.3. The van der Waals surface area contributed by atoms with Gasteiger partial charge in [-0.1, -0.05) is 68.4 Å². The van der Waals surface area contributed by atoms with E-state index in [1.54, 1.807) is 0 Å². The first kappa shape index (κ1) is 25.4. The van der Waals surface area contributed by atoms with Gasteiger partial charge in [0.05, 0.1) is 6.54 Å². The minimum absolute atomic E-state index is 0.0551. The van der Waals surface area contributed by atoms with Crippen LogP contribution in [-0.2, 0) is 21.4 Å². The maximum Gasteiger partial charge on any atom is 0.244 e. The minimum atomic E-state index is -0.505. The zero-order valence-corrected chi connectivity index (χ0v) is 21.5. The van der Waals surface area contributed by atoms with Gasteiger partial charge in [0.2, 0.25) is 11.8 Å². The van der Waals surface area contributed by atoms with Crippen molar-refractivity contribution in [2.24, 2.45) is 0 Å². The number of carbonyl (C=O) groups excluding carboxylic acids is 2. The zero-order valence-electron chi connectivity index (χ0n) is 21.5. The van der Waals surface area contributed by atoms with Crippen molar-refractivity contribution in [1.29, 1.82) is 0 Å². The molecule has 2 aliphatic heterocycles. The predicted molar refractivity (Wildman–Crippen MR) is 140 cm³/mol. The molecule has 35 heavy (non-hydrogen) atoms. The van der Waals surface area contributed by atoms with Gasteiger partial charge in [-0.25, -0.2) is 0 Å². The highest BCUT2D eigenvalue weighted by atomic mass is 16.2. The summed E-state index contributed by atoms with van der Waals surface area (Å²) in [5.41, 5.74) is 3.84. The first-order valence-corrected chi connectivity index (χ1v) is 13.0. The molecule has 6 heteroatoms. The van der Waals surface area contributed by atoms with Crippen LogP contribution in [0.2, 0.25) is 0 Å². The average molecular weight is 477 g/mol. The van der Waals surface area contributed by atoms with Crippen molar-refractivity contribution in [1.82, 2.24) is 20.0 Å². The molecule has 0 unspecified atom stereocenters. The Labute approximate surface area is 210 Å². The number of nitrogens with zero attached hydrogens (tertiary/aromatic N) is 3. The third-order valence-electron chi connectivity index (χ3n) is 7.92. The van der Waals surface area contributed by atoms with Crippen molar-refractivity contribution in [2.45, 2.75) is 44.6 Å². The Bertz CT molecular complexity index is 993. The van der Waals surface area contributed by atoms with E-state index in [1.807, 2.05) is 40.1 Å². The zero-order chi connectivity index (χ0) is 24.8. The molecule has 1 atom stereocenters. The number of piperazine rings is 1. The first-order chi connectivity index (χ1) is 16.9. The highest BCUT2D eigenvalue weighted by molar-refractivity contribution is 5.85. The number of benzene rings is 2. The van der Waals surface area contributed by atoms with Crippen molar-refractivity contribution in [3.05, 3.63) is 71.3 Å².